The van der Waals surface area contributed by atoms with Crippen molar-refractivity contribution in [1.82, 2.24) is 0 Å². The van der Waals surface area contributed by atoms with Crippen LogP contribution in [0.15, 0.2) is 28.5 Å². The zero-order chi connectivity index (χ0) is 12.4. The van der Waals surface area contributed by atoms with E-state index in [2.05, 4.69) is 6.07 Å². The minimum Gasteiger partial charge on any atom is -0.207 e. The molecule has 0 atom stereocenters. The lowest BCUT2D eigenvalue weighted by molar-refractivity contribution is 0.628. The first kappa shape index (κ1) is 12.2. The summed E-state index contributed by atoms with van der Waals surface area (Å²) in [5.41, 5.74) is 2.53. The highest BCUT2D eigenvalue weighted by atomic mass is 32.2. The zero-order valence-corrected chi connectivity index (χ0v) is 11.1. The number of aryl methyl sites for hydroxylation is 1. The molecule has 1 aromatic carbocycles. The van der Waals surface area contributed by atoms with E-state index < -0.39 is 0 Å². The molecule has 0 bridgehead atoms. The number of halogens is 1. The molecule has 0 aliphatic rings. The normalized spacial score (nSPS) is 10.2. The highest BCUT2D eigenvalue weighted by Crippen LogP contribution is 2.40. The van der Waals surface area contributed by atoms with Crippen LogP contribution in [-0.2, 0) is 0 Å². The number of thiophene rings is 1. The van der Waals surface area contributed by atoms with Gasteiger partial charge in [0.1, 0.15) is 11.9 Å². The van der Waals surface area contributed by atoms with Crippen molar-refractivity contribution in [3.05, 3.63) is 40.5 Å². The van der Waals surface area contributed by atoms with Crippen LogP contribution < -0.4 is 0 Å². The second kappa shape index (κ2) is 4.91. The van der Waals surface area contributed by atoms with Crippen molar-refractivity contribution in [1.29, 1.82) is 5.26 Å². The molecule has 0 aliphatic carbocycles. The molecule has 17 heavy (non-hydrogen) atoms. The Hall–Kier alpha value is -1.31. The fourth-order valence-electron chi connectivity index (χ4n) is 1.73. The second-order valence-corrected chi connectivity index (χ2v) is 5.82. The van der Waals surface area contributed by atoms with Crippen LogP contribution in [0.1, 0.15) is 10.4 Å². The predicted molar refractivity (Wildman–Crippen MR) is 70.9 cm³/mol. The van der Waals surface area contributed by atoms with E-state index in [-0.39, 0.29) is 5.82 Å². The number of hydrogen-bond acceptors (Lipinski definition) is 3. The molecule has 0 radical (unpaired) electrons. The standard InChI is InChI=1S/C13H10FNS2/c1-8-12(9-3-5-10(14)6-4-9)11(7-15)13(16-2)17-8/h3-6H,1-2H3. The van der Waals surface area contributed by atoms with E-state index in [9.17, 15) is 9.65 Å². The lowest BCUT2D eigenvalue weighted by Gasteiger charge is -2.01. The number of thioether (sulfide) groups is 1. The van der Waals surface area contributed by atoms with Crippen LogP contribution in [0.5, 0.6) is 0 Å². The molecule has 86 valence electrons. The van der Waals surface area contributed by atoms with Gasteiger partial charge in [0.15, 0.2) is 0 Å². The van der Waals surface area contributed by atoms with Crippen molar-refractivity contribution >= 4 is 23.1 Å². The van der Waals surface area contributed by atoms with Gasteiger partial charge >= 0.3 is 0 Å². The lowest BCUT2D eigenvalue weighted by atomic mass is 10.0. The van der Waals surface area contributed by atoms with Crippen LogP contribution in [0.2, 0.25) is 0 Å². The molecule has 0 fully saturated rings. The largest absolute Gasteiger partial charge is 0.207 e. The fraction of sp³-hybridized carbons (Fsp3) is 0.154. The Balaban J connectivity index is 2.63. The molecule has 0 unspecified atom stereocenters. The van der Waals surface area contributed by atoms with Crippen LogP contribution in [-0.4, -0.2) is 6.26 Å². The van der Waals surface area contributed by atoms with Gasteiger partial charge in [0, 0.05) is 10.4 Å². The summed E-state index contributed by atoms with van der Waals surface area (Å²) in [7, 11) is 0. The van der Waals surface area contributed by atoms with Gasteiger partial charge in [-0.1, -0.05) is 12.1 Å². The van der Waals surface area contributed by atoms with Crippen LogP contribution in [0.3, 0.4) is 0 Å². The number of nitriles is 1. The Morgan fingerprint density at radius 1 is 1.29 bits per heavy atom. The number of hydrogen-bond donors (Lipinski definition) is 0. The topological polar surface area (TPSA) is 23.8 Å². The number of nitrogens with zero attached hydrogens (tertiary/aromatic N) is 1. The van der Waals surface area contributed by atoms with Gasteiger partial charge in [0.05, 0.1) is 9.77 Å². The third-order valence-corrected chi connectivity index (χ3v) is 4.71. The van der Waals surface area contributed by atoms with Gasteiger partial charge in [-0.25, -0.2) is 4.39 Å². The van der Waals surface area contributed by atoms with Crippen LogP contribution in [0.25, 0.3) is 11.1 Å². The van der Waals surface area contributed by atoms with E-state index in [1.165, 1.54) is 12.1 Å². The Morgan fingerprint density at radius 3 is 2.47 bits per heavy atom. The molecule has 0 N–H and O–H groups in total. The van der Waals surface area contributed by atoms with E-state index in [4.69, 9.17) is 0 Å². The lowest BCUT2D eigenvalue weighted by Crippen LogP contribution is -1.83. The Bertz CT molecular complexity index is 579. The monoisotopic (exact) mass is 263 g/mol. The average Bonchev–Trinajstić information content (AvgIpc) is 2.66. The molecule has 0 spiro atoms. The molecule has 4 heteroatoms. The predicted octanol–water partition coefficient (Wildman–Crippen LogP) is 4.46. The number of benzene rings is 1. The molecule has 0 saturated carbocycles. The maximum absolute atomic E-state index is 12.9. The van der Waals surface area contributed by atoms with E-state index in [1.807, 2.05) is 13.2 Å². The maximum atomic E-state index is 12.9. The zero-order valence-electron chi connectivity index (χ0n) is 9.45. The molecule has 0 saturated heterocycles. The van der Waals surface area contributed by atoms with Crippen LogP contribution in [0.4, 0.5) is 4.39 Å². The molecule has 2 aromatic rings. The molecule has 1 heterocycles. The van der Waals surface area contributed by atoms with Crippen molar-refractivity contribution in [2.45, 2.75) is 11.1 Å². The molecule has 1 aromatic heterocycles. The summed E-state index contributed by atoms with van der Waals surface area (Å²) in [6.07, 6.45) is 1.96. The summed E-state index contributed by atoms with van der Waals surface area (Å²) in [5, 5.41) is 9.23. The molecule has 0 amide bonds. The summed E-state index contributed by atoms with van der Waals surface area (Å²) in [6.45, 7) is 1.99. The summed E-state index contributed by atoms with van der Waals surface area (Å²) in [6, 6.07) is 8.53. The van der Waals surface area contributed by atoms with Crippen molar-refractivity contribution in [2.24, 2.45) is 0 Å². The second-order valence-electron chi connectivity index (χ2n) is 3.52. The van der Waals surface area contributed by atoms with Crippen LogP contribution in [0, 0.1) is 24.1 Å². The Labute approximate surface area is 108 Å². The number of rotatable bonds is 2. The van der Waals surface area contributed by atoms with Crippen molar-refractivity contribution in [3.63, 3.8) is 0 Å². The van der Waals surface area contributed by atoms with Crippen molar-refractivity contribution in [3.8, 4) is 17.2 Å². The summed E-state index contributed by atoms with van der Waals surface area (Å²) < 4.78 is 13.9. The van der Waals surface area contributed by atoms with Crippen molar-refractivity contribution < 1.29 is 4.39 Å². The molecular formula is C13H10FNS2. The van der Waals surface area contributed by atoms with Gasteiger partial charge in [-0.05, 0) is 30.9 Å². The Kier molecular flexibility index (Phi) is 3.51. The van der Waals surface area contributed by atoms with Crippen molar-refractivity contribution in [2.75, 3.05) is 6.26 Å². The third kappa shape index (κ3) is 2.21. The van der Waals surface area contributed by atoms with Gasteiger partial charge in [-0.2, -0.15) is 5.26 Å². The average molecular weight is 263 g/mol. The first-order valence-corrected chi connectivity index (χ1v) is 7.05. The minimum atomic E-state index is -0.259. The summed E-state index contributed by atoms with van der Waals surface area (Å²) in [5.74, 6) is -0.259. The molecule has 1 nitrogen and oxygen atoms in total. The van der Waals surface area contributed by atoms with Gasteiger partial charge in [-0.15, -0.1) is 23.1 Å². The van der Waals surface area contributed by atoms with Gasteiger partial charge in [-0.3, -0.25) is 0 Å². The van der Waals surface area contributed by atoms with Gasteiger partial charge in [0.25, 0.3) is 0 Å². The molecule has 0 aliphatic heterocycles. The first-order valence-electron chi connectivity index (χ1n) is 5.00. The molecule has 2 rings (SSSR count). The first-order chi connectivity index (χ1) is 8.17. The fourth-order valence-corrected chi connectivity index (χ4v) is 3.64. The smallest absolute Gasteiger partial charge is 0.123 e. The highest BCUT2D eigenvalue weighted by molar-refractivity contribution is 8.00. The van der Waals surface area contributed by atoms with E-state index in [0.717, 1.165) is 20.2 Å². The van der Waals surface area contributed by atoms with E-state index in [0.29, 0.717) is 5.56 Å². The van der Waals surface area contributed by atoms with E-state index >= 15 is 0 Å². The Morgan fingerprint density at radius 2 is 1.94 bits per heavy atom. The highest BCUT2D eigenvalue weighted by Gasteiger charge is 2.16. The maximum Gasteiger partial charge on any atom is 0.123 e. The summed E-state index contributed by atoms with van der Waals surface area (Å²) >= 11 is 3.19. The summed E-state index contributed by atoms with van der Waals surface area (Å²) in [4.78, 5) is 1.09. The SMILES string of the molecule is CSc1sc(C)c(-c2ccc(F)cc2)c1C#N. The van der Waals surface area contributed by atoms with Gasteiger partial charge in [0.2, 0.25) is 0 Å². The third-order valence-electron chi connectivity index (χ3n) is 2.48. The quantitative estimate of drug-likeness (QED) is 0.747. The van der Waals surface area contributed by atoms with Gasteiger partial charge < -0.3 is 0 Å². The van der Waals surface area contributed by atoms with E-state index in [1.54, 1.807) is 35.2 Å². The minimum absolute atomic E-state index is 0.259. The van der Waals surface area contributed by atoms with Crippen LogP contribution >= 0.6 is 23.1 Å². The molecular weight excluding hydrogens is 253 g/mol.